The molecule has 1 aromatic heterocycles. The topological polar surface area (TPSA) is 101 Å². The molecule has 0 aliphatic carbocycles. The minimum absolute atomic E-state index is 0.0291. The van der Waals surface area contributed by atoms with Crippen molar-refractivity contribution in [1.29, 1.82) is 0 Å². The summed E-state index contributed by atoms with van der Waals surface area (Å²) in [6.07, 6.45) is 1.90. The number of thioether (sulfide) groups is 1. The fourth-order valence-corrected chi connectivity index (χ4v) is 3.60. The van der Waals surface area contributed by atoms with Crippen molar-refractivity contribution in [3.63, 3.8) is 0 Å². The van der Waals surface area contributed by atoms with Crippen LogP contribution >= 0.6 is 23.4 Å². The van der Waals surface area contributed by atoms with Crippen molar-refractivity contribution in [2.24, 2.45) is 11.8 Å². The Hall–Kier alpha value is -2.19. The number of anilines is 2. The SMILES string of the molecule is CSc1ccc(Cl)c(C(=O)N(CC(C)C)c2c(N)n(CC(C)C)c(=O)[nH]c2=O)c1. The number of nitrogens with two attached hydrogens (primary N) is 1. The summed E-state index contributed by atoms with van der Waals surface area (Å²) in [5.74, 6) is -0.299. The maximum absolute atomic E-state index is 13.4. The molecule has 7 nitrogen and oxygen atoms in total. The largest absolute Gasteiger partial charge is 0.383 e. The minimum Gasteiger partial charge on any atom is -0.383 e. The molecule has 1 aromatic carbocycles. The molecule has 1 heterocycles. The number of nitrogen functional groups attached to an aromatic ring is 1. The number of benzene rings is 1. The lowest BCUT2D eigenvalue weighted by atomic mass is 10.1. The number of hydrogen-bond acceptors (Lipinski definition) is 5. The summed E-state index contributed by atoms with van der Waals surface area (Å²) in [6.45, 7) is 8.28. The average molecular weight is 439 g/mol. The van der Waals surface area contributed by atoms with E-state index in [2.05, 4.69) is 4.98 Å². The molecule has 0 aliphatic rings. The molecule has 2 rings (SSSR count). The first-order valence-electron chi connectivity index (χ1n) is 9.34. The molecular formula is C20H27ClN4O3S. The lowest BCUT2D eigenvalue weighted by Crippen LogP contribution is -2.43. The summed E-state index contributed by atoms with van der Waals surface area (Å²) in [5.41, 5.74) is 5.19. The van der Waals surface area contributed by atoms with E-state index in [1.807, 2.05) is 40.0 Å². The number of rotatable bonds is 7. The van der Waals surface area contributed by atoms with Crippen LogP contribution in [0.15, 0.2) is 32.7 Å². The van der Waals surface area contributed by atoms with Gasteiger partial charge >= 0.3 is 5.69 Å². The van der Waals surface area contributed by atoms with Gasteiger partial charge in [-0.25, -0.2) is 4.79 Å². The highest BCUT2D eigenvalue weighted by Gasteiger charge is 2.27. The number of aromatic nitrogens is 2. The highest BCUT2D eigenvalue weighted by Crippen LogP contribution is 2.27. The standard InChI is InChI=1S/C20H27ClN4O3S/c1-11(2)9-24(19(27)14-8-13(29-5)6-7-15(14)21)16-17(22)25(10-12(3)4)20(28)23-18(16)26/h6-8,11-12H,9-10,22H2,1-5H3,(H,23,26,28). The first-order valence-corrected chi connectivity index (χ1v) is 10.9. The summed E-state index contributed by atoms with van der Waals surface area (Å²) in [6, 6.07) is 5.17. The van der Waals surface area contributed by atoms with Crippen LogP contribution in [-0.4, -0.2) is 28.3 Å². The molecule has 0 saturated carbocycles. The quantitative estimate of drug-likeness (QED) is 0.644. The highest BCUT2D eigenvalue weighted by atomic mass is 35.5. The third-order valence-corrected chi connectivity index (χ3v) is 5.28. The highest BCUT2D eigenvalue weighted by molar-refractivity contribution is 7.98. The Morgan fingerprint density at radius 1 is 1.24 bits per heavy atom. The smallest absolute Gasteiger partial charge is 0.330 e. The second-order valence-electron chi connectivity index (χ2n) is 7.65. The van der Waals surface area contributed by atoms with Crippen molar-refractivity contribution in [1.82, 2.24) is 9.55 Å². The van der Waals surface area contributed by atoms with Crippen molar-refractivity contribution in [3.05, 3.63) is 49.6 Å². The van der Waals surface area contributed by atoms with Gasteiger partial charge in [0.2, 0.25) is 0 Å². The summed E-state index contributed by atoms with van der Waals surface area (Å²) in [7, 11) is 0. The monoisotopic (exact) mass is 438 g/mol. The van der Waals surface area contributed by atoms with Crippen LogP contribution in [0.1, 0.15) is 38.1 Å². The van der Waals surface area contributed by atoms with E-state index >= 15 is 0 Å². The van der Waals surface area contributed by atoms with Gasteiger partial charge in [0.05, 0.1) is 10.6 Å². The number of aromatic amines is 1. The zero-order valence-electron chi connectivity index (χ0n) is 17.3. The van der Waals surface area contributed by atoms with Gasteiger partial charge in [-0.3, -0.25) is 19.1 Å². The average Bonchev–Trinajstić information content (AvgIpc) is 2.63. The number of nitrogens with zero attached hydrogens (tertiary/aromatic N) is 2. The van der Waals surface area contributed by atoms with Gasteiger partial charge in [0.1, 0.15) is 5.82 Å². The van der Waals surface area contributed by atoms with E-state index in [-0.39, 0.29) is 40.5 Å². The Balaban J connectivity index is 2.69. The van der Waals surface area contributed by atoms with Gasteiger partial charge in [0, 0.05) is 18.0 Å². The zero-order chi connectivity index (χ0) is 21.9. The molecule has 29 heavy (non-hydrogen) atoms. The molecule has 9 heteroatoms. The van der Waals surface area contributed by atoms with Crippen LogP contribution in [0.3, 0.4) is 0 Å². The second kappa shape index (κ2) is 9.54. The van der Waals surface area contributed by atoms with Crippen molar-refractivity contribution >= 4 is 40.8 Å². The molecule has 2 aromatic rings. The number of amides is 1. The van der Waals surface area contributed by atoms with E-state index in [0.29, 0.717) is 6.54 Å². The number of carbonyl (C=O) groups excluding carboxylic acids is 1. The first kappa shape index (κ1) is 23.1. The molecule has 0 atom stereocenters. The van der Waals surface area contributed by atoms with Gasteiger partial charge in [0.15, 0.2) is 5.69 Å². The molecule has 0 radical (unpaired) electrons. The number of hydrogen-bond donors (Lipinski definition) is 2. The second-order valence-corrected chi connectivity index (χ2v) is 8.94. The van der Waals surface area contributed by atoms with E-state index < -0.39 is 17.2 Å². The Morgan fingerprint density at radius 2 is 1.90 bits per heavy atom. The predicted octanol–water partition coefficient (Wildman–Crippen LogP) is 3.45. The van der Waals surface area contributed by atoms with Crippen molar-refractivity contribution in [2.45, 2.75) is 39.1 Å². The van der Waals surface area contributed by atoms with Crippen LogP contribution in [0.2, 0.25) is 5.02 Å². The van der Waals surface area contributed by atoms with Gasteiger partial charge in [-0.1, -0.05) is 39.3 Å². The summed E-state index contributed by atoms with van der Waals surface area (Å²) in [4.78, 5) is 42.9. The molecule has 1 amide bonds. The van der Waals surface area contributed by atoms with Crippen LogP contribution in [0.25, 0.3) is 0 Å². The predicted molar refractivity (Wildman–Crippen MR) is 120 cm³/mol. The molecule has 0 fully saturated rings. The van der Waals surface area contributed by atoms with Crippen LogP contribution in [0, 0.1) is 11.8 Å². The van der Waals surface area contributed by atoms with Gasteiger partial charge in [-0.15, -0.1) is 11.8 Å². The van der Waals surface area contributed by atoms with E-state index in [9.17, 15) is 14.4 Å². The molecule has 0 aliphatic heterocycles. The molecule has 0 bridgehead atoms. The first-order chi connectivity index (χ1) is 13.6. The molecule has 0 spiro atoms. The fraction of sp³-hybridized carbons (Fsp3) is 0.450. The maximum atomic E-state index is 13.4. The zero-order valence-corrected chi connectivity index (χ0v) is 18.9. The molecule has 3 N–H and O–H groups in total. The summed E-state index contributed by atoms with van der Waals surface area (Å²) >= 11 is 7.77. The lowest BCUT2D eigenvalue weighted by molar-refractivity contribution is 0.0983. The van der Waals surface area contributed by atoms with Crippen molar-refractivity contribution in [2.75, 3.05) is 23.4 Å². The van der Waals surface area contributed by atoms with E-state index in [0.717, 1.165) is 4.90 Å². The van der Waals surface area contributed by atoms with E-state index in [1.54, 1.807) is 12.1 Å². The third-order valence-electron chi connectivity index (χ3n) is 4.23. The third kappa shape index (κ3) is 5.25. The van der Waals surface area contributed by atoms with Gasteiger partial charge in [-0.05, 0) is 36.3 Å². The summed E-state index contributed by atoms with van der Waals surface area (Å²) < 4.78 is 1.29. The molecular weight excluding hydrogens is 412 g/mol. The van der Waals surface area contributed by atoms with Crippen LogP contribution in [0.4, 0.5) is 11.5 Å². The van der Waals surface area contributed by atoms with Crippen molar-refractivity contribution in [3.8, 4) is 0 Å². The number of halogens is 1. The molecule has 0 saturated heterocycles. The van der Waals surface area contributed by atoms with E-state index in [1.165, 1.54) is 21.2 Å². The summed E-state index contributed by atoms with van der Waals surface area (Å²) in [5, 5.41) is 0.284. The van der Waals surface area contributed by atoms with Crippen LogP contribution < -0.4 is 21.9 Å². The minimum atomic E-state index is -0.696. The number of H-pyrrole nitrogens is 1. The molecule has 0 unspecified atom stereocenters. The van der Waals surface area contributed by atoms with Crippen LogP contribution in [-0.2, 0) is 6.54 Å². The number of nitrogens with one attached hydrogen (secondary N) is 1. The molecule has 158 valence electrons. The number of carbonyl (C=O) groups is 1. The van der Waals surface area contributed by atoms with E-state index in [4.69, 9.17) is 17.3 Å². The maximum Gasteiger partial charge on any atom is 0.330 e. The van der Waals surface area contributed by atoms with Crippen LogP contribution in [0.5, 0.6) is 0 Å². The van der Waals surface area contributed by atoms with Gasteiger partial charge in [0.25, 0.3) is 11.5 Å². The Labute approximate surface area is 179 Å². The van der Waals surface area contributed by atoms with Gasteiger partial charge in [-0.2, -0.15) is 0 Å². The fourth-order valence-electron chi connectivity index (χ4n) is 2.97. The van der Waals surface area contributed by atoms with Gasteiger partial charge < -0.3 is 10.6 Å². The normalized spacial score (nSPS) is 11.3. The Morgan fingerprint density at radius 3 is 2.45 bits per heavy atom. The Bertz CT molecular complexity index is 1010. The lowest BCUT2D eigenvalue weighted by Gasteiger charge is -2.27. The van der Waals surface area contributed by atoms with Crippen molar-refractivity contribution < 1.29 is 4.79 Å². The Kier molecular flexibility index (Phi) is 7.60.